The zero-order chi connectivity index (χ0) is 23.8. The van der Waals surface area contributed by atoms with Gasteiger partial charge in [-0.05, 0) is 56.7 Å². The molecule has 0 radical (unpaired) electrons. The smallest absolute Gasteiger partial charge is 0.261 e. The average molecular weight is 432 g/mol. The Morgan fingerprint density at radius 1 is 1.21 bits per heavy atom. The zero-order valence-corrected chi connectivity index (χ0v) is 21.1. The Morgan fingerprint density at radius 3 is 1.97 bits per heavy atom. The van der Waals surface area contributed by atoms with Crippen LogP contribution in [-0.2, 0) is 11.2 Å². The minimum Gasteiger partial charge on any atom is -0.477 e. The van der Waals surface area contributed by atoms with Gasteiger partial charge < -0.3 is 20.7 Å². The van der Waals surface area contributed by atoms with Crippen LogP contribution in [0.4, 0.5) is 0 Å². The summed E-state index contributed by atoms with van der Waals surface area (Å²) in [5.41, 5.74) is 7.50. The number of nitrogens with two attached hydrogens (primary N) is 1. The topological polar surface area (TPSA) is 92.8 Å². The first-order valence-electron chi connectivity index (χ1n) is 10.5. The third kappa shape index (κ3) is 13.6. The van der Waals surface area contributed by atoms with Crippen molar-refractivity contribution < 1.29 is 19.7 Å². The van der Waals surface area contributed by atoms with Crippen LogP contribution in [0.1, 0.15) is 78.5 Å². The van der Waals surface area contributed by atoms with E-state index in [0.29, 0.717) is 18.9 Å². The Kier molecular flexibility index (Phi) is 19.7. The zero-order valence-electron chi connectivity index (χ0n) is 20.2. The Bertz CT molecular complexity index is 559. The molecule has 2 unspecified atom stereocenters. The lowest BCUT2D eigenvalue weighted by molar-refractivity contribution is -0.133. The molecule has 4 N–H and O–H groups in total. The van der Waals surface area contributed by atoms with E-state index >= 15 is 0 Å². The minimum atomic E-state index is -0.856. The number of aryl methyl sites for hydroxylation is 2. The highest BCUT2D eigenvalue weighted by molar-refractivity contribution is 7.80. The number of thiol groups is 1. The number of aliphatic hydroxyl groups is 2. The Hall–Kier alpha value is -1.24. The van der Waals surface area contributed by atoms with E-state index in [1.807, 2.05) is 55.4 Å². The van der Waals surface area contributed by atoms with Gasteiger partial charge in [0.1, 0.15) is 5.75 Å². The molecule has 0 aromatic heterocycles. The lowest BCUT2D eigenvalue weighted by Gasteiger charge is -2.34. The molecule has 5 nitrogen and oxygen atoms in total. The van der Waals surface area contributed by atoms with Gasteiger partial charge in [-0.25, -0.2) is 0 Å². The van der Waals surface area contributed by atoms with Crippen molar-refractivity contribution >= 4 is 18.5 Å². The second-order valence-corrected chi connectivity index (χ2v) is 7.65. The second-order valence-electron chi connectivity index (χ2n) is 6.90. The quantitative estimate of drug-likeness (QED) is 0.399. The number of aliphatic hydroxyl groups excluding tert-OH is 2. The molecule has 0 saturated heterocycles. The summed E-state index contributed by atoms with van der Waals surface area (Å²) in [5, 5.41) is 16.1. The summed E-state index contributed by atoms with van der Waals surface area (Å²) in [7, 11) is 0. The lowest BCUT2D eigenvalue weighted by Crippen LogP contribution is -2.48. The summed E-state index contributed by atoms with van der Waals surface area (Å²) >= 11 is 3.52. The summed E-state index contributed by atoms with van der Waals surface area (Å²) in [6.07, 6.45) is 1.49. The number of carbonyl (C=O) groups excluding carboxylic acids is 1. The largest absolute Gasteiger partial charge is 0.477 e. The van der Waals surface area contributed by atoms with Crippen molar-refractivity contribution in [1.29, 1.82) is 0 Å². The van der Waals surface area contributed by atoms with Crippen LogP contribution >= 0.6 is 12.6 Å². The first kappa shape index (κ1) is 32.4. The number of hydrogen-bond acceptors (Lipinski definition) is 5. The van der Waals surface area contributed by atoms with Crippen molar-refractivity contribution in [3.8, 4) is 5.75 Å². The predicted octanol–water partition coefficient (Wildman–Crippen LogP) is 4.81. The van der Waals surface area contributed by atoms with Gasteiger partial charge >= 0.3 is 0 Å². The monoisotopic (exact) mass is 431 g/mol. The molecular formula is C23H45NO4S. The molecule has 1 aliphatic heterocycles. The SMILES string of the molecule is CC.CC.CC(C)CO.CC(O)S.Cc1ccc2c(c1C)OC(C)(C(N)=O)CC2. The normalized spacial score (nSPS) is 17.2. The summed E-state index contributed by atoms with van der Waals surface area (Å²) in [6, 6.07) is 4.16. The van der Waals surface area contributed by atoms with Gasteiger partial charge in [0.2, 0.25) is 0 Å². The molecule has 1 amide bonds. The summed E-state index contributed by atoms with van der Waals surface area (Å²) in [6.45, 7) is 19.7. The van der Waals surface area contributed by atoms with Gasteiger partial charge in [-0.1, -0.05) is 53.7 Å². The van der Waals surface area contributed by atoms with Crippen LogP contribution in [0.2, 0.25) is 0 Å². The van der Waals surface area contributed by atoms with Gasteiger partial charge in [0.25, 0.3) is 5.91 Å². The van der Waals surface area contributed by atoms with E-state index in [-0.39, 0.29) is 5.91 Å². The van der Waals surface area contributed by atoms with Gasteiger partial charge in [-0.3, -0.25) is 4.79 Å². The first-order valence-corrected chi connectivity index (χ1v) is 11.0. The van der Waals surface area contributed by atoms with Crippen LogP contribution in [0.25, 0.3) is 0 Å². The fourth-order valence-corrected chi connectivity index (χ4v) is 2.01. The number of amides is 1. The number of hydrogen-bond donors (Lipinski definition) is 4. The van der Waals surface area contributed by atoms with Crippen molar-refractivity contribution in [2.45, 2.75) is 93.1 Å². The fourth-order valence-electron chi connectivity index (χ4n) is 2.01. The summed E-state index contributed by atoms with van der Waals surface area (Å²) in [4.78, 5) is 11.4. The van der Waals surface area contributed by atoms with E-state index in [9.17, 15) is 4.79 Å². The molecule has 2 rings (SSSR count). The van der Waals surface area contributed by atoms with Crippen LogP contribution in [0, 0.1) is 19.8 Å². The molecule has 0 aliphatic carbocycles. The number of fused-ring (bicyclic) bond motifs is 1. The lowest BCUT2D eigenvalue weighted by atomic mass is 9.90. The molecule has 1 aromatic rings. The molecule has 1 heterocycles. The van der Waals surface area contributed by atoms with Crippen LogP contribution in [-0.4, -0.2) is 33.8 Å². The first-order chi connectivity index (χ1) is 13.4. The number of rotatable bonds is 2. The molecular weight excluding hydrogens is 386 g/mol. The van der Waals surface area contributed by atoms with Crippen molar-refractivity contribution in [2.24, 2.45) is 11.7 Å². The highest BCUT2D eigenvalue weighted by Gasteiger charge is 2.37. The highest BCUT2D eigenvalue weighted by Crippen LogP contribution is 2.36. The van der Waals surface area contributed by atoms with Crippen molar-refractivity contribution in [1.82, 2.24) is 0 Å². The van der Waals surface area contributed by atoms with E-state index < -0.39 is 11.0 Å². The van der Waals surface area contributed by atoms with E-state index in [2.05, 4.69) is 24.8 Å². The number of primary amides is 1. The molecule has 29 heavy (non-hydrogen) atoms. The molecule has 0 saturated carbocycles. The maximum absolute atomic E-state index is 11.4. The van der Waals surface area contributed by atoms with Crippen molar-refractivity contribution in [3.05, 3.63) is 28.8 Å². The van der Waals surface area contributed by atoms with Crippen LogP contribution in [0.15, 0.2) is 12.1 Å². The van der Waals surface area contributed by atoms with Gasteiger partial charge in [0.15, 0.2) is 5.60 Å². The third-order valence-corrected chi connectivity index (χ3v) is 3.84. The van der Waals surface area contributed by atoms with Gasteiger partial charge in [0, 0.05) is 13.0 Å². The molecule has 1 aromatic carbocycles. The van der Waals surface area contributed by atoms with E-state index in [0.717, 1.165) is 17.7 Å². The molecule has 0 fully saturated rings. The fraction of sp³-hybridized carbons (Fsp3) is 0.696. The number of ether oxygens (including phenoxy) is 1. The van der Waals surface area contributed by atoms with Gasteiger partial charge in [-0.2, -0.15) is 0 Å². The highest BCUT2D eigenvalue weighted by atomic mass is 32.1. The van der Waals surface area contributed by atoms with Crippen molar-refractivity contribution in [3.63, 3.8) is 0 Å². The molecule has 172 valence electrons. The van der Waals surface area contributed by atoms with Crippen LogP contribution in [0.3, 0.4) is 0 Å². The van der Waals surface area contributed by atoms with Crippen LogP contribution in [0.5, 0.6) is 5.75 Å². The Morgan fingerprint density at radius 2 is 1.62 bits per heavy atom. The molecule has 2 atom stereocenters. The van der Waals surface area contributed by atoms with E-state index in [1.54, 1.807) is 13.8 Å². The summed E-state index contributed by atoms with van der Waals surface area (Å²) in [5.74, 6) is 0.890. The average Bonchev–Trinajstić information content (AvgIpc) is 2.68. The minimum absolute atomic E-state index is 0.306. The standard InChI is InChI=1S/C13H17NO2.C4H10O.C2H6OS.2C2H6/c1-8-4-5-10-6-7-13(3,12(14)15)16-11(10)9(8)2;1-4(2)3-5;1-2(3)4;2*1-2/h4-5H,6-7H2,1-3H3,(H2,14,15);4-5H,3H2,1-2H3;2-4H,1H3;2*1-2H3. The predicted molar refractivity (Wildman–Crippen MR) is 128 cm³/mol. The van der Waals surface area contributed by atoms with E-state index in [4.69, 9.17) is 20.7 Å². The maximum Gasteiger partial charge on any atom is 0.261 e. The molecule has 0 bridgehead atoms. The van der Waals surface area contributed by atoms with Gasteiger partial charge in [-0.15, -0.1) is 12.6 Å². The summed E-state index contributed by atoms with van der Waals surface area (Å²) < 4.78 is 5.82. The van der Waals surface area contributed by atoms with Gasteiger partial charge in [0.05, 0.1) is 5.44 Å². The second kappa shape index (κ2) is 17.6. The molecule has 0 spiro atoms. The Labute approximate surface area is 184 Å². The molecule has 1 aliphatic rings. The Balaban J connectivity index is -0.000000434. The van der Waals surface area contributed by atoms with Crippen LogP contribution < -0.4 is 10.5 Å². The number of carbonyl (C=O) groups is 1. The maximum atomic E-state index is 11.4. The van der Waals surface area contributed by atoms with E-state index in [1.165, 1.54) is 11.1 Å². The van der Waals surface area contributed by atoms with Crippen molar-refractivity contribution in [2.75, 3.05) is 6.61 Å². The number of benzene rings is 1. The third-order valence-electron chi connectivity index (χ3n) is 3.84. The molecule has 6 heteroatoms.